The molecular weight excluding hydrogens is 598 g/mol. The van der Waals surface area contributed by atoms with Gasteiger partial charge in [0.15, 0.2) is 0 Å². The van der Waals surface area contributed by atoms with Gasteiger partial charge in [0.1, 0.15) is 18.3 Å². The average Bonchev–Trinajstić information content (AvgIpc) is 3.07. The molecule has 0 aliphatic heterocycles. The molecule has 0 fully saturated rings. The number of carbonyl (C=O) groups excluding carboxylic acids is 2. The molecule has 0 bridgehead atoms. The van der Waals surface area contributed by atoms with Crippen molar-refractivity contribution in [3.63, 3.8) is 0 Å². The third-order valence-electron chi connectivity index (χ3n) is 8.15. The standard InChI is InChI=1S/C37H43N3O5S/c1-6-29(4)38-37(42)35(24-30-14-9-7-10-15-30)39(25-31-16-13-17-33(23-31)45-5)36(41)26-40(32-21-20-27(2)28(3)22-32)46(43,44)34-18-11-8-12-19-34/h7-23,29,35H,6,24-26H2,1-5H3,(H,38,42)/t29-,35+/m1/s1. The minimum absolute atomic E-state index is 0.0631. The van der Waals surface area contributed by atoms with Crippen LogP contribution in [0.15, 0.2) is 108 Å². The summed E-state index contributed by atoms with van der Waals surface area (Å²) >= 11 is 0. The molecule has 0 spiro atoms. The maximum atomic E-state index is 14.6. The van der Waals surface area contributed by atoms with E-state index >= 15 is 0 Å². The van der Waals surface area contributed by atoms with E-state index in [0.717, 1.165) is 26.6 Å². The Morgan fingerprint density at radius 1 is 0.826 bits per heavy atom. The second-order valence-corrected chi connectivity index (χ2v) is 13.4. The third-order valence-corrected chi connectivity index (χ3v) is 9.94. The van der Waals surface area contributed by atoms with Gasteiger partial charge < -0.3 is 15.0 Å². The number of nitrogens with zero attached hydrogens (tertiary/aromatic N) is 2. The molecule has 2 atom stereocenters. The second kappa shape index (κ2) is 15.6. The number of nitrogens with one attached hydrogen (secondary N) is 1. The molecule has 8 nitrogen and oxygen atoms in total. The van der Waals surface area contributed by atoms with Crippen LogP contribution in [0.5, 0.6) is 5.75 Å². The van der Waals surface area contributed by atoms with Crippen LogP contribution in [0, 0.1) is 13.8 Å². The van der Waals surface area contributed by atoms with E-state index in [1.807, 2.05) is 82.3 Å². The molecule has 4 rings (SSSR count). The molecule has 0 unspecified atom stereocenters. The monoisotopic (exact) mass is 641 g/mol. The van der Waals surface area contributed by atoms with Crippen molar-refractivity contribution in [3.8, 4) is 5.75 Å². The molecule has 242 valence electrons. The number of methoxy groups -OCH3 is 1. The highest BCUT2D eigenvalue weighted by atomic mass is 32.2. The van der Waals surface area contributed by atoms with E-state index in [2.05, 4.69) is 5.32 Å². The van der Waals surface area contributed by atoms with Gasteiger partial charge in [-0.05, 0) is 85.8 Å². The Balaban J connectivity index is 1.83. The smallest absolute Gasteiger partial charge is 0.264 e. The topological polar surface area (TPSA) is 96.0 Å². The molecule has 0 aliphatic rings. The van der Waals surface area contributed by atoms with Crippen molar-refractivity contribution in [1.82, 2.24) is 10.2 Å². The molecule has 0 radical (unpaired) electrons. The lowest BCUT2D eigenvalue weighted by atomic mass is 10.0. The van der Waals surface area contributed by atoms with Crippen molar-refractivity contribution in [3.05, 3.63) is 125 Å². The van der Waals surface area contributed by atoms with E-state index in [0.29, 0.717) is 17.9 Å². The number of anilines is 1. The molecule has 0 saturated heterocycles. The molecule has 0 saturated carbocycles. The zero-order valence-electron chi connectivity index (χ0n) is 27.1. The number of hydrogen-bond acceptors (Lipinski definition) is 5. The summed E-state index contributed by atoms with van der Waals surface area (Å²) in [5.74, 6) is -0.212. The number of aryl methyl sites for hydroxylation is 2. The highest BCUT2D eigenvalue weighted by molar-refractivity contribution is 7.92. The molecular formula is C37H43N3O5S. The first kappa shape index (κ1) is 34.2. The molecule has 0 aromatic heterocycles. The van der Waals surface area contributed by atoms with Gasteiger partial charge in [0.05, 0.1) is 17.7 Å². The summed E-state index contributed by atoms with van der Waals surface area (Å²) in [5.41, 5.74) is 3.87. The molecule has 46 heavy (non-hydrogen) atoms. The number of benzene rings is 4. The largest absolute Gasteiger partial charge is 0.497 e. The fourth-order valence-corrected chi connectivity index (χ4v) is 6.52. The Morgan fingerprint density at radius 2 is 1.48 bits per heavy atom. The summed E-state index contributed by atoms with van der Waals surface area (Å²) in [6.45, 7) is 7.30. The fourth-order valence-electron chi connectivity index (χ4n) is 5.09. The molecule has 2 amide bonds. The molecule has 0 aliphatic carbocycles. The van der Waals surface area contributed by atoms with E-state index in [1.54, 1.807) is 43.5 Å². The van der Waals surface area contributed by atoms with Crippen LogP contribution >= 0.6 is 0 Å². The van der Waals surface area contributed by atoms with Gasteiger partial charge in [-0.2, -0.15) is 0 Å². The minimum atomic E-state index is -4.16. The van der Waals surface area contributed by atoms with Gasteiger partial charge in [0.25, 0.3) is 10.0 Å². The SMILES string of the molecule is CC[C@@H](C)NC(=O)[C@H](Cc1ccccc1)N(Cc1cccc(OC)c1)C(=O)CN(c1ccc(C)c(C)c1)S(=O)(=O)c1ccccc1. The predicted octanol–water partition coefficient (Wildman–Crippen LogP) is 6.06. The van der Waals surface area contributed by atoms with Gasteiger partial charge in [0.2, 0.25) is 11.8 Å². The number of rotatable bonds is 14. The van der Waals surface area contributed by atoms with E-state index in [1.165, 1.54) is 17.0 Å². The molecule has 4 aromatic carbocycles. The Bertz CT molecular complexity index is 1730. The van der Waals surface area contributed by atoms with Gasteiger partial charge >= 0.3 is 0 Å². The lowest BCUT2D eigenvalue weighted by Crippen LogP contribution is -2.54. The lowest BCUT2D eigenvalue weighted by Gasteiger charge is -2.34. The lowest BCUT2D eigenvalue weighted by molar-refractivity contribution is -0.140. The number of hydrogen-bond donors (Lipinski definition) is 1. The first-order valence-corrected chi connectivity index (χ1v) is 16.9. The van der Waals surface area contributed by atoms with Crippen LogP contribution in [0.4, 0.5) is 5.69 Å². The normalized spacial score (nSPS) is 12.5. The number of ether oxygens (including phenoxy) is 1. The van der Waals surface area contributed by atoms with Crippen LogP contribution in [-0.2, 0) is 32.6 Å². The average molecular weight is 642 g/mol. The first-order valence-electron chi connectivity index (χ1n) is 15.4. The number of sulfonamides is 1. The molecule has 1 N–H and O–H groups in total. The summed E-state index contributed by atoms with van der Waals surface area (Å²) in [6.07, 6.45) is 0.956. The third kappa shape index (κ3) is 8.54. The summed E-state index contributed by atoms with van der Waals surface area (Å²) in [4.78, 5) is 30.1. The highest BCUT2D eigenvalue weighted by Gasteiger charge is 2.35. The Morgan fingerprint density at radius 3 is 2.11 bits per heavy atom. The van der Waals surface area contributed by atoms with Crippen molar-refractivity contribution in [1.29, 1.82) is 0 Å². The molecule has 9 heteroatoms. The van der Waals surface area contributed by atoms with Gasteiger partial charge in [-0.1, -0.05) is 73.7 Å². The van der Waals surface area contributed by atoms with Gasteiger partial charge in [-0.3, -0.25) is 13.9 Å². The van der Waals surface area contributed by atoms with E-state index in [4.69, 9.17) is 4.74 Å². The Labute approximate surface area is 273 Å². The summed E-state index contributed by atoms with van der Waals surface area (Å²) in [6, 6.07) is 29.2. The van der Waals surface area contributed by atoms with Gasteiger partial charge in [-0.25, -0.2) is 8.42 Å². The zero-order valence-corrected chi connectivity index (χ0v) is 28.0. The highest BCUT2D eigenvalue weighted by Crippen LogP contribution is 2.27. The van der Waals surface area contributed by atoms with Crippen molar-refractivity contribution in [2.45, 2.75) is 64.1 Å². The summed E-state index contributed by atoms with van der Waals surface area (Å²) in [7, 11) is -2.59. The van der Waals surface area contributed by atoms with Crippen LogP contribution in [0.1, 0.15) is 42.5 Å². The van der Waals surface area contributed by atoms with Gasteiger partial charge in [-0.15, -0.1) is 0 Å². The van der Waals surface area contributed by atoms with Crippen LogP contribution < -0.4 is 14.4 Å². The summed E-state index contributed by atoms with van der Waals surface area (Å²) in [5, 5.41) is 3.06. The zero-order chi connectivity index (χ0) is 33.3. The minimum Gasteiger partial charge on any atom is -0.497 e. The maximum Gasteiger partial charge on any atom is 0.264 e. The van der Waals surface area contributed by atoms with Gasteiger partial charge in [0, 0.05) is 19.0 Å². The van der Waals surface area contributed by atoms with Crippen LogP contribution in [0.25, 0.3) is 0 Å². The Hall–Kier alpha value is -4.63. The number of amides is 2. The summed E-state index contributed by atoms with van der Waals surface area (Å²) < 4.78 is 34.9. The Kier molecular flexibility index (Phi) is 11.6. The van der Waals surface area contributed by atoms with E-state index in [-0.39, 0.29) is 29.8 Å². The van der Waals surface area contributed by atoms with Crippen molar-refractivity contribution < 1.29 is 22.7 Å². The van der Waals surface area contributed by atoms with Crippen molar-refractivity contribution in [2.75, 3.05) is 18.0 Å². The van der Waals surface area contributed by atoms with Crippen molar-refractivity contribution in [2.24, 2.45) is 0 Å². The van der Waals surface area contributed by atoms with Crippen LogP contribution in [-0.4, -0.2) is 50.9 Å². The molecule has 0 heterocycles. The van der Waals surface area contributed by atoms with E-state index in [9.17, 15) is 18.0 Å². The molecule has 4 aromatic rings. The van der Waals surface area contributed by atoms with Crippen molar-refractivity contribution >= 4 is 27.5 Å². The fraction of sp³-hybridized carbons (Fsp3) is 0.297. The van der Waals surface area contributed by atoms with Crippen LogP contribution in [0.3, 0.4) is 0 Å². The number of carbonyl (C=O) groups is 2. The van der Waals surface area contributed by atoms with E-state index < -0.39 is 28.5 Å². The first-order chi connectivity index (χ1) is 22.0. The predicted molar refractivity (Wildman–Crippen MR) is 182 cm³/mol. The van der Waals surface area contributed by atoms with Crippen LogP contribution in [0.2, 0.25) is 0 Å². The maximum absolute atomic E-state index is 14.6. The quantitative estimate of drug-likeness (QED) is 0.181. The second-order valence-electron chi connectivity index (χ2n) is 11.5.